The van der Waals surface area contributed by atoms with Crippen molar-refractivity contribution in [2.75, 3.05) is 148 Å². The largest absolute Gasteiger partial charge is 0.500 e. The van der Waals surface area contributed by atoms with Crippen LogP contribution < -0.4 is 16.4 Å². The summed E-state index contributed by atoms with van der Waals surface area (Å²) in [6.07, 6.45) is -0.786. The Bertz CT molecular complexity index is 765. The molecule has 3 atom stereocenters. The molecular weight excluding hydrogens is 715 g/mol. The van der Waals surface area contributed by atoms with Crippen LogP contribution in [0.15, 0.2) is 0 Å². The van der Waals surface area contributed by atoms with Gasteiger partial charge in [0.2, 0.25) is 0 Å². The van der Waals surface area contributed by atoms with Gasteiger partial charge in [0.15, 0.2) is 0 Å². The van der Waals surface area contributed by atoms with Crippen LogP contribution in [0.4, 0.5) is 0 Å². The molecule has 0 aliphatic carbocycles. The Morgan fingerprint density at radius 1 is 0.577 bits per heavy atom. The molecule has 0 saturated carbocycles. The Kier molecular flexibility index (Phi) is 30.8. The number of ether oxygens (including phenoxy) is 3. The van der Waals surface area contributed by atoms with E-state index in [1.807, 2.05) is 25.7 Å². The first-order chi connectivity index (χ1) is 24.8. The Labute approximate surface area is 316 Å². The summed E-state index contributed by atoms with van der Waals surface area (Å²) in [5.41, 5.74) is 5.30. The van der Waals surface area contributed by atoms with Crippen LogP contribution in [0.3, 0.4) is 0 Å². The average Bonchev–Trinajstić information content (AvgIpc) is 3.12. The van der Waals surface area contributed by atoms with Crippen molar-refractivity contribution < 1.29 is 56.1 Å². The predicted octanol–water partition coefficient (Wildman–Crippen LogP) is -0.804. The minimum atomic E-state index is -2.67. The molecule has 19 heteroatoms. The number of hydrogen-bond donors (Lipinski definition) is 6. The molecule has 0 aromatic rings. The van der Waals surface area contributed by atoms with Gasteiger partial charge in [-0.1, -0.05) is 0 Å². The molecule has 7 N–H and O–H groups in total. The molecule has 52 heavy (non-hydrogen) atoms. The van der Waals surface area contributed by atoms with Crippen molar-refractivity contribution >= 4 is 17.6 Å². The summed E-state index contributed by atoms with van der Waals surface area (Å²) >= 11 is 0. The molecule has 0 aromatic carbocycles. The summed E-state index contributed by atoms with van der Waals surface area (Å²) in [6, 6.07) is 1.21. The Morgan fingerprint density at radius 3 is 1.33 bits per heavy atom. The molecule has 0 aliphatic heterocycles. The quantitative estimate of drug-likeness (QED) is 0.0337. The summed E-state index contributed by atoms with van der Waals surface area (Å²) in [5, 5.41) is 39.1. The number of aliphatic hydroxyl groups excluding tert-OH is 3. The lowest BCUT2D eigenvalue weighted by Gasteiger charge is -2.29. The van der Waals surface area contributed by atoms with Gasteiger partial charge in [-0.2, -0.15) is 0 Å². The summed E-state index contributed by atoms with van der Waals surface area (Å²) in [5.74, 6) is 0. The van der Waals surface area contributed by atoms with E-state index < -0.39 is 35.9 Å². The molecule has 314 valence electrons. The third kappa shape index (κ3) is 25.8. The first-order valence-corrected chi connectivity index (χ1v) is 22.3. The van der Waals surface area contributed by atoms with Crippen molar-refractivity contribution in [3.8, 4) is 0 Å². The molecule has 0 amide bonds. The van der Waals surface area contributed by atoms with Crippen LogP contribution in [0.5, 0.6) is 0 Å². The van der Waals surface area contributed by atoms with Crippen molar-refractivity contribution in [3.63, 3.8) is 0 Å². The van der Waals surface area contributed by atoms with Gasteiger partial charge in [-0.05, 0) is 33.6 Å². The Morgan fingerprint density at radius 2 is 0.942 bits per heavy atom. The van der Waals surface area contributed by atoms with Crippen LogP contribution in [0.2, 0.25) is 12.1 Å². The molecule has 0 fully saturated rings. The third-order valence-corrected chi connectivity index (χ3v) is 13.9. The van der Waals surface area contributed by atoms with Gasteiger partial charge in [0.25, 0.3) is 0 Å². The zero-order valence-electron chi connectivity index (χ0n) is 33.9. The highest BCUT2D eigenvalue weighted by molar-refractivity contribution is 6.60. The number of nitrogens with two attached hydrogens (primary N) is 1. The monoisotopic (exact) mass is 792 g/mol. The normalized spacial score (nSPS) is 14.8. The van der Waals surface area contributed by atoms with Crippen LogP contribution in [0, 0.1) is 0 Å². The van der Waals surface area contributed by atoms with Gasteiger partial charge in [0.05, 0.1) is 43.7 Å². The van der Waals surface area contributed by atoms with Crippen molar-refractivity contribution in [1.82, 2.24) is 20.4 Å². The maximum atomic E-state index is 10.8. The second-order valence-corrected chi connectivity index (χ2v) is 19.9. The maximum Gasteiger partial charge on any atom is 0.500 e. The number of nitrogens with one attached hydrogen (secondary N) is 2. The lowest BCUT2D eigenvalue weighted by molar-refractivity contribution is -0.0559. The topological polar surface area (TPSA) is 200 Å². The van der Waals surface area contributed by atoms with E-state index in [2.05, 4.69) is 15.5 Å². The molecule has 0 bridgehead atoms. The lowest BCUT2D eigenvalue weighted by Crippen LogP contribution is -2.46. The fourth-order valence-electron chi connectivity index (χ4n) is 5.35. The van der Waals surface area contributed by atoms with E-state index >= 15 is 0 Å². The van der Waals surface area contributed by atoms with E-state index in [9.17, 15) is 15.3 Å². The fraction of sp³-hybridized carbons (Fsp3) is 1.00. The minimum Gasteiger partial charge on any atom is -0.389 e. The molecule has 0 radical (unpaired) electrons. The highest BCUT2D eigenvalue weighted by atomic mass is 28.4. The first kappa shape index (κ1) is 51.8. The van der Waals surface area contributed by atoms with Crippen LogP contribution in [-0.2, 0) is 40.8 Å². The van der Waals surface area contributed by atoms with Crippen LogP contribution >= 0.6 is 0 Å². The Balaban J connectivity index is 5.06. The van der Waals surface area contributed by atoms with Gasteiger partial charge in [0.1, 0.15) is 0 Å². The van der Waals surface area contributed by atoms with E-state index in [1.165, 1.54) is 0 Å². The number of rotatable bonds is 37. The minimum absolute atomic E-state index is 0.149. The summed E-state index contributed by atoms with van der Waals surface area (Å²) < 4.78 is 50.1. The van der Waals surface area contributed by atoms with E-state index in [0.29, 0.717) is 84.0 Å². The maximum absolute atomic E-state index is 10.8. The summed E-state index contributed by atoms with van der Waals surface area (Å²) in [7, 11) is 4.13. The van der Waals surface area contributed by atoms with Crippen LogP contribution in [-0.4, -0.2) is 214 Å². The van der Waals surface area contributed by atoms with Gasteiger partial charge < -0.3 is 72.5 Å². The predicted molar refractivity (Wildman–Crippen MR) is 205 cm³/mol. The summed E-state index contributed by atoms with van der Waals surface area (Å²) in [6.45, 7) is 13.9. The van der Waals surface area contributed by atoms with E-state index in [1.54, 1.807) is 42.7 Å². The van der Waals surface area contributed by atoms with Gasteiger partial charge in [0, 0.05) is 140 Å². The molecule has 3 unspecified atom stereocenters. The average molecular weight is 792 g/mol. The second kappa shape index (κ2) is 30.9. The number of hydrogen-bond acceptors (Lipinski definition) is 17. The van der Waals surface area contributed by atoms with Crippen molar-refractivity contribution in [1.29, 1.82) is 0 Å². The van der Waals surface area contributed by atoms with Crippen molar-refractivity contribution in [2.24, 2.45) is 5.73 Å². The molecular formula is C33H77N5O12Si2. The number of aliphatic hydroxyl groups is 3. The molecule has 0 saturated heterocycles. The van der Waals surface area contributed by atoms with Crippen LogP contribution in [0.25, 0.3) is 0 Å². The zero-order valence-corrected chi connectivity index (χ0v) is 35.9. The van der Waals surface area contributed by atoms with Gasteiger partial charge in [-0.25, -0.2) is 0 Å². The van der Waals surface area contributed by atoms with Crippen LogP contribution in [0.1, 0.15) is 33.6 Å². The molecule has 0 heterocycles. The fourth-order valence-corrected chi connectivity index (χ4v) is 8.73. The van der Waals surface area contributed by atoms with Crippen molar-refractivity contribution in [3.05, 3.63) is 0 Å². The van der Waals surface area contributed by atoms with Gasteiger partial charge in [-0.3, -0.25) is 9.80 Å². The Hall–Kier alpha value is -0.246. The van der Waals surface area contributed by atoms with E-state index in [0.717, 1.165) is 26.2 Å². The number of nitrogens with zero attached hydrogens (tertiary/aromatic N) is 2. The standard InChI is InChI=1S/C33H77N5O12Si2/c1-33(2,3)50-29-32(41)24-37(17-14-35-13-12-34)18-15-36-16-19-38(25-30(39)27-48-20-10-22-51(42-4,43-5)44-6)26-31(40)28-49-21-11-23-52(45-7,46-8)47-9/h30-32,35-36,39-41H,10-29,34H2,1-9H3. The smallest absolute Gasteiger partial charge is 0.389 e. The van der Waals surface area contributed by atoms with E-state index in [4.69, 9.17) is 46.5 Å². The summed E-state index contributed by atoms with van der Waals surface area (Å²) in [4.78, 5) is 4.21. The van der Waals surface area contributed by atoms with E-state index in [-0.39, 0.29) is 25.4 Å². The van der Waals surface area contributed by atoms with Crippen molar-refractivity contribution in [2.45, 2.75) is 69.6 Å². The molecule has 0 aromatic heterocycles. The molecule has 17 nitrogen and oxygen atoms in total. The molecule has 0 aliphatic rings. The van der Waals surface area contributed by atoms with Gasteiger partial charge in [-0.15, -0.1) is 0 Å². The molecule has 0 spiro atoms. The highest BCUT2D eigenvalue weighted by Gasteiger charge is 2.37. The zero-order chi connectivity index (χ0) is 39.3. The highest BCUT2D eigenvalue weighted by Crippen LogP contribution is 2.16. The third-order valence-electron chi connectivity index (χ3n) is 8.28. The molecule has 0 rings (SSSR count). The SMILES string of the molecule is CO[Si](CCCOCC(O)CN(CCNCCN(CCNCCN)CC(O)COC(C)(C)C)CC(O)COCCC[Si](OC)(OC)OC)(OC)OC. The lowest BCUT2D eigenvalue weighted by atomic mass is 10.2. The van der Waals surface area contributed by atoms with Gasteiger partial charge >= 0.3 is 17.6 Å². The second-order valence-electron chi connectivity index (χ2n) is 13.7. The first-order valence-electron chi connectivity index (χ1n) is 18.5.